The van der Waals surface area contributed by atoms with Crippen molar-refractivity contribution in [3.63, 3.8) is 0 Å². The Balaban J connectivity index is 0.00000208. The molecule has 0 unspecified atom stereocenters. The molecule has 0 saturated carbocycles. The molecule has 0 aliphatic carbocycles. The number of nitrogens with two attached hydrogens (primary N) is 1. The maximum atomic E-state index is 5.90. The number of aromatic nitrogens is 1. The molecule has 0 radical (unpaired) electrons. The summed E-state index contributed by atoms with van der Waals surface area (Å²) in [6.07, 6.45) is 0.880. The highest BCUT2D eigenvalue weighted by molar-refractivity contribution is 14.0. The van der Waals surface area contributed by atoms with Gasteiger partial charge in [0.05, 0.1) is 15.6 Å². The van der Waals surface area contributed by atoms with E-state index in [0.717, 1.165) is 22.8 Å². The molecule has 3 N–H and O–H groups in total. The summed E-state index contributed by atoms with van der Waals surface area (Å²) in [4.78, 5) is 11.4. The molecule has 0 fully saturated rings. The van der Waals surface area contributed by atoms with Crippen molar-refractivity contribution in [3.05, 3.63) is 57.7 Å². The lowest BCUT2D eigenvalue weighted by Gasteiger charge is -2.04. The average Bonchev–Trinajstić information content (AvgIpc) is 3.17. The number of benzene rings is 1. The van der Waals surface area contributed by atoms with Gasteiger partial charge in [-0.1, -0.05) is 18.2 Å². The Morgan fingerprint density at radius 2 is 2.00 bits per heavy atom. The number of thiophene rings is 1. The number of para-hydroxylation sites is 1. The van der Waals surface area contributed by atoms with Crippen molar-refractivity contribution in [2.45, 2.75) is 13.3 Å². The predicted octanol–water partition coefficient (Wildman–Crippen LogP) is 4.77. The van der Waals surface area contributed by atoms with E-state index in [0.29, 0.717) is 12.5 Å². The fourth-order valence-corrected chi connectivity index (χ4v) is 3.77. The molecule has 7 heteroatoms. The minimum absolute atomic E-state index is 0. The lowest BCUT2D eigenvalue weighted by molar-refractivity contribution is 0.983. The maximum Gasteiger partial charge on any atom is 0.193 e. The van der Waals surface area contributed by atoms with Gasteiger partial charge in [-0.3, -0.25) is 4.99 Å². The molecule has 0 aliphatic heterocycles. The Bertz CT molecular complexity index is 796. The van der Waals surface area contributed by atoms with Crippen molar-refractivity contribution in [3.8, 4) is 10.6 Å². The molecule has 0 aliphatic rings. The summed E-state index contributed by atoms with van der Waals surface area (Å²) in [5.41, 5.74) is 7.92. The largest absolute Gasteiger partial charge is 0.370 e. The highest BCUT2D eigenvalue weighted by Crippen LogP contribution is 2.29. The van der Waals surface area contributed by atoms with Gasteiger partial charge in [0.15, 0.2) is 5.96 Å². The van der Waals surface area contributed by atoms with Crippen LogP contribution < -0.4 is 11.1 Å². The van der Waals surface area contributed by atoms with Crippen LogP contribution in [-0.2, 0) is 6.42 Å². The van der Waals surface area contributed by atoms with Gasteiger partial charge in [-0.25, -0.2) is 4.98 Å². The standard InChI is InChI=1S/C17H18N4S2.HI/c1-12-20-15(11-22-12)16-8-7-14(23-16)9-10-19-17(18)21-13-5-3-2-4-6-13;/h2-8,11H,9-10H2,1H3,(H3,18,19,21);1H. The van der Waals surface area contributed by atoms with E-state index in [1.165, 1.54) is 9.75 Å². The molecular formula is C17H19IN4S2. The van der Waals surface area contributed by atoms with Crippen molar-refractivity contribution in [1.29, 1.82) is 0 Å². The normalized spacial score (nSPS) is 11.1. The third-order valence-corrected chi connectivity index (χ3v) is 5.16. The number of guanidine groups is 1. The van der Waals surface area contributed by atoms with E-state index < -0.39 is 0 Å². The van der Waals surface area contributed by atoms with Crippen LogP contribution in [0.4, 0.5) is 5.69 Å². The lowest BCUT2D eigenvalue weighted by Crippen LogP contribution is -2.22. The molecule has 0 amide bonds. The predicted molar refractivity (Wildman–Crippen MR) is 116 cm³/mol. The third kappa shape index (κ3) is 5.29. The molecule has 3 aromatic rings. The van der Waals surface area contributed by atoms with E-state index in [9.17, 15) is 0 Å². The smallest absolute Gasteiger partial charge is 0.193 e. The summed E-state index contributed by atoms with van der Waals surface area (Å²) in [7, 11) is 0. The number of anilines is 1. The second-order valence-corrected chi connectivity index (χ2v) is 7.26. The number of thiazole rings is 1. The van der Waals surface area contributed by atoms with Crippen molar-refractivity contribution < 1.29 is 0 Å². The van der Waals surface area contributed by atoms with Gasteiger partial charge in [0, 0.05) is 28.9 Å². The van der Waals surface area contributed by atoms with Gasteiger partial charge < -0.3 is 11.1 Å². The van der Waals surface area contributed by atoms with E-state index in [1.807, 2.05) is 37.3 Å². The summed E-state index contributed by atoms with van der Waals surface area (Å²) in [6.45, 7) is 2.70. The zero-order valence-corrected chi connectivity index (χ0v) is 17.2. The second kappa shape index (κ2) is 9.14. The fraction of sp³-hybridized carbons (Fsp3) is 0.176. The van der Waals surface area contributed by atoms with Crippen molar-refractivity contribution >= 4 is 58.3 Å². The molecule has 0 bridgehead atoms. The number of nitrogens with zero attached hydrogens (tertiary/aromatic N) is 2. The lowest BCUT2D eigenvalue weighted by atomic mass is 10.3. The van der Waals surface area contributed by atoms with E-state index in [1.54, 1.807) is 22.7 Å². The number of hydrogen-bond donors (Lipinski definition) is 2. The number of aliphatic imine (C=N–C) groups is 1. The molecule has 0 saturated heterocycles. The zero-order valence-electron chi connectivity index (χ0n) is 13.2. The van der Waals surface area contributed by atoms with Crippen LogP contribution in [-0.4, -0.2) is 17.5 Å². The number of halogens is 1. The molecule has 1 aromatic carbocycles. The van der Waals surface area contributed by atoms with Gasteiger partial charge in [0.1, 0.15) is 0 Å². The van der Waals surface area contributed by atoms with Crippen LogP contribution in [0.25, 0.3) is 10.6 Å². The van der Waals surface area contributed by atoms with E-state index in [4.69, 9.17) is 5.73 Å². The molecule has 0 atom stereocenters. The molecule has 0 spiro atoms. The monoisotopic (exact) mass is 470 g/mol. The van der Waals surface area contributed by atoms with Crippen LogP contribution >= 0.6 is 46.7 Å². The molecule has 24 heavy (non-hydrogen) atoms. The summed E-state index contributed by atoms with van der Waals surface area (Å²) >= 11 is 3.45. The molecule has 3 rings (SSSR count). The molecule has 4 nitrogen and oxygen atoms in total. The Labute approximate surface area is 166 Å². The minimum Gasteiger partial charge on any atom is -0.370 e. The quantitative estimate of drug-likeness (QED) is 0.321. The molecule has 2 heterocycles. The second-order valence-electron chi connectivity index (χ2n) is 5.03. The topological polar surface area (TPSA) is 63.3 Å². The van der Waals surface area contributed by atoms with Gasteiger partial charge in [0.2, 0.25) is 0 Å². The van der Waals surface area contributed by atoms with Crippen LogP contribution in [0, 0.1) is 6.92 Å². The SMILES string of the molecule is Cc1nc(-c2ccc(CCN=C(N)Nc3ccccc3)s2)cs1.I. The van der Waals surface area contributed by atoms with Gasteiger partial charge in [-0.05, 0) is 31.2 Å². The average molecular weight is 470 g/mol. The van der Waals surface area contributed by atoms with Gasteiger partial charge >= 0.3 is 0 Å². The zero-order chi connectivity index (χ0) is 16.1. The van der Waals surface area contributed by atoms with Crippen LogP contribution in [0.1, 0.15) is 9.88 Å². The van der Waals surface area contributed by atoms with Crippen molar-refractivity contribution in [2.75, 3.05) is 11.9 Å². The minimum atomic E-state index is 0. The van der Waals surface area contributed by atoms with Crippen LogP contribution in [0.5, 0.6) is 0 Å². The fourth-order valence-electron chi connectivity index (χ4n) is 2.12. The Morgan fingerprint density at radius 3 is 2.71 bits per heavy atom. The highest BCUT2D eigenvalue weighted by Gasteiger charge is 2.06. The Kier molecular flexibility index (Phi) is 7.19. The first kappa shape index (κ1) is 18.9. The Morgan fingerprint density at radius 1 is 1.21 bits per heavy atom. The molecule has 2 aromatic heterocycles. The van der Waals surface area contributed by atoms with Crippen LogP contribution in [0.2, 0.25) is 0 Å². The number of rotatable bonds is 5. The van der Waals surface area contributed by atoms with Crippen molar-refractivity contribution in [1.82, 2.24) is 4.98 Å². The first-order valence-electron chi connectivity index (χ1n) is 7.34. The highest BCUT2D eigenvalue weighted by atomic mass is 127. The van der Waals surface area contributed by atoms with E-state index >= 15 is 0 Å². The number of aryl methyl sites for hydroxylation is 1. The van der Waals surface area contributed by atoms with Crippen LogP contribution in [0.15, 0.2) is 52.8 Å². The summed E-state index contributed by atoms with van der Waals surface area (Å²) in [5, 5.41) is 6.28. The van der Waals surface area contributed by atoms with Gasteiger partial charge in [-0.15, -0.1) is 46.7 Å². The maximum absolute atomic E-state index is 5.90. The van der Waals surface area contributed by atoms with E-state index in [2.05, 4.69) is 32.8 Å². The number of nitrogens with one attached hydrogen (secondary N) is 1. The van der Waals surface area contributed by atoms with E-state index in [-0.39, 0.29) is 24.0 Å². The summed E-state index contributed by atoms with van der Waals surface area (Å²) in [5.74, 6) is 0.447. The number of hydrogen-bond acceptors (Lipinski definition) is 4. The van der Waals surface area contributed by atoms with Crippen molar-refractivity contribution in [2.24, 2.45) is 10.7 Å². The Hall–Kier alpha value is -1.45. The van der Waals surface area contributed by atoms with Crippen LogP contribution in [0.3, 0.4) is 0 Å². The van der Waals surface area contributed by atoms with Gasteiger partial charge in [-0.2, -0.15) is 0 Å². The summed E-state index contributed by atoms with van der Waals surface area (Å²) < 4.78 is 0. The third-order valence-electron chi connectivity index (χ3n) is 3.22. The van der Waals surface area contributed by atoms with Gasteiger partial charge in [0.25, 0.3) is 0 Å². The first-order chi connectivity index (χ1) is 11.2. The molecule has 126 valence electrons. The summed E-state index contributed by atoms with van der Waals surface area (Å²) in [6, 6.07) is 14.1. The molecular weight excluding hydrogens is 451 g/mol. The first-order valence-corrected chi connectivity index (χ1v) is 9.03.